The van der Waals surface area contributed by atoms with E-state index in [0.29, 0.717) is 17.8 Å². The van der Waals surface area contributed by atoms with Crippen molar-refractivity contribution in [2.24, 2.45) is 0 Å². The van der Waals surface area contributed by atoms with Crippen LogP contribution in [0, 0.1) is 12.3 Å². The molecule has 0 radical (unpaired) electrons. The third-order valence-electron chi connectivity index (χ3n) is 7.78. The molecule has 0 aliphatic rings. The second-order valence-corrected chi connectivity index (χ2v) is 12.0. The highest BCUT2D eigenvalue weighted by Crippen LogP contribution is 2.48. The molecule has 0 N–H and O–H groups in total. The second-order valence-electron chi connectivity index (χ2n) is 11.0. The first-order valence-electron chi connectivity index (χ1n) is 13.3. The lowest BCUT2D eigenvalue weighted by Crippen LogP contribution is -2.17. The fraction of sp³-hybridized carbons (Fsp3) is 0.257. The first-order valence-corrected chi connectivity index (χ1v) is 14.3. The molecule has 0 saturated heterocycles. The fourth-order valence-corrected chi connectivity index (χ4v) is 7.40. The Balaban J connectivity index is 2.22. The van der Waals surface area contributed by atoms with Gasteiger partial charge < -0.3 is 0 Å². The zero-order valence-corrected chi connectivity index (χ0v) is 24.7. The van der Waals surface area contributed by atoms with Gasteiger partial charge in [-0.3, -0.25) is 0 Å². The van der Waals surface area contributed by atoms with Crippen molar-refractivity contribution in [2.75, 3.05) is 0 Å². The van der Waals surface area contributed by atoms with Crippen molar-refractivity contribution >= 4 is 47.7 Å². The van der Waals surface area contributed by atoms with Crippen molar-refractivity contribution < 1.29 is 0 Å². The number of fused-ring (bicyclic) bond motifs is 3. The van der Waals surface area contributed by atoms with E-state index < -0.39 is 0 Å². The topological polar surface area (TPSA) is 0 Å². The Bertz CT molecular complexity index is 1670. The highest BCUT2D eigenvalue weighted by molar-refractivity contribution is 6.47. The van der Waals surface area contributed by atoms with Crippen molar-refractivity contribution in [3.63, 3.8) is 0 Å². The highest BCUT2D eigenvalue weighted by Gasteiger charge is 2.29. The van der Waals surface area contributed by atoms with Gasteiger partial charge >= 0.3 is 0 Å². The molecule has 0 aromatic heterocycles. The first kappa shape index (κ1) is 24.4. The third-order valence-corrected chi connectivity index (χ3v) is 8.82. The lowest BCUT2D eigenvalue weighted by atomic mass is 9.74. The molecule has 5 rings (SSSR count). The Morgan fingerprint density at radius 1 is 0.611 bits per heavy atom. The maximum Gasteiger partial charge on any atom is 0.0405 e. The summed E-state index contributed by atoms with van der Waals surface area (Å²) in [6.45, 7) is 14.1. The van der Waals surface area contributed by atoms with Crippen LogP contribution in [-0.4, -0.2) is 10.2 Å². The Labute approximate surface area is 219 Å². The smallest absolute Gasteiger partial charge is 0.0405 e. The molecule has 0 aliphatic carbocycles. The number of rotatable bonds is 4. The minimum absolute atomic E-state index is 0.368. The minimum atomic E-state index is 0.368. The van der Waals surface area contributed by atoms with Crippen LogP contribution >= 0.6 is 0 Å². The number of terminal acetylenes is 1. The van der Waals surface area contributed by atoms with Crippen LogP contribution in [0.3, 0.4) is 0 Å². The number of benzene rings is 5. The minimum Gasteiger partial charge on any atom is -0.115 e. The Kier molecular flexibility index (Phi) is 6.27. The van der Waals surface area contributed by atoms with Crippen molar-refractivity contribution in [1.29, 1.82) is 0 Å². The van der Waals surface area contributed by atoms with Crippen LogP contribution in [0.25, 0.3) is 43.4 Å². The summed E-state index contributed by atoms with van der Waals surface area (Å²) in [5, 5.41) is 9.27. The molecule has 0 saturated carbocycles. The zero-order chi connectivity index (χ0) is 25.7. The summed E-state index contributed by atoms with van der Waals surface area (Å²) in [6.07, 6.45) is 6.40. The van der Waals surface area contributed by atoms with E-state index in [9.17, 15) is 0 Å². The largest absolute Gasteiger partial charge is 0.115 e. The molecule has 0 amide bonds. The fourth-order valence-electron chi connectivity index (χ4n) is 6.44. The van der Waals surface area contributed by atoms with Gasteiger partial charge in [-0.1, -0.05) is 119 Å². The molecule has 1 heteroatoms. The molecule has 0 atom stereocenters. The van der Waals surface area contributed by atoms with Crippen LogP contribution in [0.4, 0.5) is 0 Å². The van der Waals surface area contributed by atoms with Gasteiger partial charge in [0.15, 0.2) is 0 Å². The summed E-state index contributed by atoms with van der Waals surface area (Å²) < 4.78 is 0. The lowest BCUT2D eigenvalue weighted by molar-refractivity contribution is 0.756. The maximum atomic E-state index is 6.40. The molecule has 0 nitrogen and oxygen atoms in total. The maximum absolute atomic E-state index is 6.40. The van der Waals surface area contributed by atoms with Gasteiger partial charge in [-0.2, -0.15) is 0 Å². The molecule has 5 aromatic rings. The summed E-state index contributed by atoms with van der Waals surface area (Å²) in [5.41, 5.74) is 8.17. The summed E-state index contributed by atoms with van der Waals surface area (Å²) >= 11 is 0. The molecular formula is C35H36Si. The Morgan fingerprint density at radius 2 is 1.17 bits per heavy atom. The molecule has 0 heterocycles. The van der Waals surface area contributed by atoms with Gasteiger partial charge in [-0.25, -0.2) is 0 Å². The van der Waals surface area contributed by atoms with Crippen LogP contribution in [-0.2, 0) is 0 Å². The first-order chi connectivity index (χ1) is 17.3. The predicted octanol–water partition coefficient (Wildman–Crippen LogP) is 8.16. The van der Waals surface area contributed by atoms with Crippen LogP contribution in [0.1, 0.15) is 81.5 Å². The van der Waals surface area contributed by atoms with Crippen LogP contribution in [0.5, 0.6) is 0 Å². The van der Waals surface area contributed by atoms with E-state index in [0.717, 1.165) is 15.8 Å². The SMILES string of the molecule is C#Cc1c2ccccc2c([SiH3])c2c(C(C)C)c(C(C)C)c(C(C)C)c(-c3cccc4ccccc34)c12. The quantitative estimate of drug-likeness (QED) is 0.137. The number of hydrogen-bond acceptors (Lipinski definition) is 0. The third kappa shape index (κ3) is 3.59. The van der Waals surface area contributed by atoms with Gasteiger partial charge in [0.2, 0.25) is 0 Å². The lowest BCUT2D eigenvalue weighted by Gasteiger charge is -2.31. The molecular weight excluding hydrogens is 448 g/mol. The van der Waals surface area contributed by atoms with E-state index >= 15 is 0 Å². The summed E-state index contributed by atoms with van der Waals surface area (Å²) in [5.74, 6) is 4.39. The summed E-state index contributed by atoms with van der Waals surface area (Å²) in [4.78, 5) is 0. The summed E-state index contributed by atoms with van der Waals surface area (Å²) in [6, 6.07) is 24.3. The molecule has 36 heavy (non-hydrogen) atoms. The van der Waals surface area contributed by atoms with Crippen LogP contribution in [0.15, 0.2) is 66.7 Å². The van der Waals surface area contributed by atoms with E-state index in [-0.39, 0.29) is 0 Å². The Hall–Kier alpha value is -3.34. The van der Waals surface area contributed by atoms with Crippen LogP contribution in [0.2, 0.25) is 0 Å². The van der Waals surface area contributed by atoms with Crippen molar-refractivity contribution in [2.45, 2.75) is 59.3 Å². The van der Waals surface area contributed by atoms with Crippen molar-refractivity contribution in [1.82, 2.24) is 0 Å². The normalized spacial score (nSPS) is 12.0. The van der Waals surface area contributed by atoms with Gasteiger partial charge in [0.1, 0.15) is 0 Å². The monoisotopic (exact) mass is 484 g/mol. The zero-order valence-electron chi connectivity index (χ0n) is 22.7. The second kappa shape index (κ2) is 9.27. The average molecular weight is 485 g/mol. The molecule has 0 unspecified atom stereocenters. The molecule has 0 aliphatic heterocycles. The molecule has 5 aromatic carbocycles. The van der Waals surface area contributed by atoms with E-state index in [1.165, 1.54) is 65.3 Å². The van der Waals surface area contributed by atoms with E-state index in [2.05, 4.69) is 114 Å². The molecule has 0 bridgehead atoms. The Morgan fingerprint density at radius 3 is 1.78 bits per heavy atom. The van der Waals surface area contributed by atoms with Gasteiger partial charge in [0, 0.05) is 21.2 Å². The predicted molar refractivity (Wildman–Crippen MR) is 164 cm³/mol. The molecule has 180 valence electrons. The van der Waals surface area contributed by atoms with Gasteiger partial charge in [0.05, 0.1) is 0 Å². The molecule has 0 spiro atoms. The van der Waals surface area contributed by atoms with E-state index in [1.54, 1.807) is 0 Å². The van der Waals surface area contributed by atoms with Crippen molar-refractivity contribution in [3.05, 3.63) is 89.0 Å². The number of hydrogen-bond donors (Lipinski definition) is 0. The summed E-state index contributed by atoms with van der Waals surface area (Å²) in [7, 11) is 0.959. The van der Waals surface area contributed by atoms with Gasteiger partial charge in [-0.05, 0) is 72.5 Å². The van der Waals surface area contributed by atoms with Gasteiger partial charge in [-0.15, -0.1) is 6.42 Å². The van der Waals surface area contributed by atoms with Crippen molar-refractivity contribution in [3.8, 4) is 23.5 Å². The standard InChI is InChI=1S/C35H36Si/c1-8-24-26-17-11-12-18-28(26)35(36)34-31(22(6)7)29(20(2)3)30(21(4)5)33(32(24)34)27-19-13-15-23-14-9-10-16-25(23)27/h1,9-22H,2-7,36H3. The highest BCUT2D eigenvalue weighted by atomic mass is 28.1. The van der Waals surface area contributed by atoms with E-state index in [4.69, 9.17) is 6.42 Å². The molecule has 0 fully saturated rings. The van der Waals surface area contributed by atoms with Gasteiger partial charge in [0.25, 0.3) is 0 Å². The average Bonchev–Trinajstić information content (AvgIpc) is 2.87. The van der Waals surface area contributed by atoms with Crippen LogP contribution < -0.4 is 5.19 Å². The van der Waals surface area contributed by atoms with E-state index in [1.807, 2.05) is 0 Å².